The van der Waals surface area contributed by atoms with E-state index in [-0.39, 0.29) is 0 Å². The SMILES string of the molecule is [B]Cc1cccc(OCCc2nc(-c3ccccc3)oc2C)c1. The Balaban J connectivity index is 1.63. The molecule has 0 aliphatic rings. The van der Waals surface area contributed by atoms with Crippen LogP contribution in [0, 0.1) is 6.92 Å². The Morgan fingerprint density at radius 3 is 2.70 bits per heavy atom. The van der Waals surface area contributed by atoms with Crippen LogP contribution in [-0.4, -0.2) is 19.4 Å². The van der Waals surface area contributed by atoms with Crippen molar-refractivity contribution >= 4 is 7.85 Å². The number of hydrogen-bond acceptors (Lipinski definition) is 3. The standard InChI is InChI=1S/C19H18BNO2/c1-14-18(21-19(23-14)16-7-3-2-4-8-16)10-11-22-17-9-5-6-15(12-17)13-20/h2-9,12H,10-11,13H2,1H3. The van der Waals surface area contributed by atoms with Crippen LogP contribution in [0.15, 0.2) is 59.0 Å². The van der Waals surface area contributed by atoms with Gasteiger partial charge in [-0.2, -0.15) is 0 Å². The molecule has 114 valence electrons. The summed E-state index contributed by atoms with van der Waals surface area (Å²) in [5.41, 5.74) is 2.98. The van der Waals surface area contributed by atoms with Crippen molar-refractivity contribution in [1.29, 1.82) is 0 Å². The molecule has 23 heavy (non-hydrogen) atoms. The van der Waals surface area contributed by atoms with E-state index in [1.807, 2.05) is 61.5 Å². The highest BCUT2D eigenvalue weighted by atomic mass is 16.5. The van der Waals surface area contributed by atoms with Crippen molar-refractivity contribution < 1.29 is 9.15 Å². The summed E-state index contributed by atoms with van der Waals surface area (Å²) in [6.45, 7) is 2.49. The number of oxazole rings is 1. The minimum atomic E-state index is 0.514. The summed E-state index contributed by atoms with van der Waals surface area (Å²) in [7, 11) is 5.64. The Bertz CT molecular complexity index is 768. The van der Waals surface area contributed by atoms with Gasteiger partial charge in [0.1, 0.15) is 11.5 Å². The third-order valence-electron chi connectivity index (χ3n) is 3.66. The third-order valence-corrected chi connectivity index (χ3v) is 3.66. The lowest BCUT2D eigenvalue weighted by Crippen LogP contribution is -2.03. The minimum absolute atomic E-state index is 0.514. The highest BCUT2D eigenvalue weighted by molar-refractivity contribution is 6.08. The highest BCUT2D eigenvalue weighted by Gasteiger charge is 2.11. The Labute approximate surface area is 137 Å². The predicted molar refractivity (Wildman–Crippen MR) is 91.8 cm³/mol. The van der Waals surface area contributed by atoms with Crippen molar-refractivity contribution in [2.45, 2.75) is 19.7 Å². The van der Waals surface area contributed by atoms with E-state index in [1.54, 1.807) is 0 Å². The van der Waals surface area contributed by atoms with E-state index in [0.29, 0.717) is 25.2 Å². The topological polar surface area (TPSA) is 35.3 Å². The van der Waals surface area contributed by atoms with Crippen molar-refractivity contribution in [2.75, 3.05) is 6.61 Å². The van der Waals surface area contributed by atoms with Gasteiger partial charge in [0.05, 0.1) is 20.1 Å². The summed E-state index contributed by atoms with van der Waals surface area (Å²) >= 11 is 0. The number of nitrogens with zero attached hydrogens (tertiary/aromatic N) is 1. The summed E-state index contributed by atoms with van der Waals surface area (Å²) in [4.78, 5) is 4.58. The summed E-state index contributed by atoms with van der Waals surface area (Å²) in [5, 5.41) is 0. The van der Waals surface area contributed by atoms with Crippen LogP contribution in [0.4, 0.5) is 0 Å². The molecule has 0 saturated heterocycles. The van der Waals surface area contributed by atoms with Gasteiger partial charge in [-0.1, -0.05) is 42.2 Å². The Morgan fingerprint density at radius 1 is 1.09 bits per heavy atom. The fraction of sp³-hybridized carbons (Fsp3) is 0.211. The van der Waals surface area contributed by atoms with Crippen LogP contribution in [0.3, 0.4) is 0 Å². The smallest absolute Gasteiger partial charge is 0.226 e. The maximum Gasteiger partial charge on any atom is 0.226 e. The molecule has 0 aliphatic carbocycles. The zero-order valence-electron chi connectivity index (χ0n) is 13.2. The van der Waals surface area contributed by atoms with Crippen molar-refractivity contribution in [3.05, 3.63) is 71.6 Å². The molecule has 1 aromatic heterocycles. The van der Waals surface area contributed by atoms with Crippen LogP contribution in [0.1, 0.15) is 17.0 Å². The van der Waals surface area contributed by atoms with Gasteiger partial charge in [-0.25, -0.2) is 4.98 Å². The van der Waals surface area contributed by atoms with Gasteiger partial charge in [0.2, 0.25) is 5.89 Å². The molecule has 3 rings (SSSR count). The normalized spacial score (nSPS) is 10.7. The Kier molecular flexibility index (Phi) is 4.81. The van der Waals surface area contributed by atoms with Gasteiger partial charge in [-0.05, 0) is 31.2 Å². The van der Waals surface area contributed by atoms with Gasteiger partial charge in [-0.15, -0.1) is 0 Å². The second-order valence-corrected chi connectivity index (χ2v) is 5.34. The fourth-order valence-electron chi connectivity index (χ4n) is 2.39. The zero-order valence-corrected chi connectivity index (χ0v) is 13.2. The molecule has 0 N–H and O–H groups in total. The molecule has 0 amide bonds. The van der Waals surface area contributed by atoms with Gasteiger partial charge in [0, 0.05) is 12.0 Å². The Hall–Kier alpha value is -2.49. The number of rotatable bonds is 6. The molecule has 0 atom stereocenters. The number of aromatic nitrogens is 1. The quantitative estimate of drug-likeness (QED) is 0.647. The number of hydrogen-bond donors (Lipinski definition) is 0. The van der Waals surface area contributed by atoms with Crippen molar-refractivity contribution in [3.63, 3.8) is 0 Å². The highest BCUT2D eigenvalue weighted by Crippen LogP contribution is 2.22. The monoisotopic (exact) mass is 303 g/mol. The first-order valence-corrected chi connectivity index (χ1v) is 7.70. The van der Waals surface area contributed by atoms with Gasteiger partial charge in [-0.3, -0.25) is 0 Å². The van der Waals surface area contributed by atoms with Crippen LogP contribution in [-0.2, 0) is 12.7 Å². The number of benzene rings is 2. The number of aryl methyl sites for hydroxylation is 1. The van der Waals surface area contributed by atoms with Gasteiger partial charge >= 0.3 is 0 Å². The fourth-order valence-corrected chi connectivity index (χ4v) is 2.39. The summed E-state index contributed by atoms with van der Waals surface area (Å²) < 4.78 is 11.5. The first-order valence-electron chi connectivity index (χ1n) is 7.70. The van der Waals surface area contributed by atoms with Crippen LogP contribution >= 0.6 is 0 Å². The molecule has 0 bridgehead atoms. The van der Waals surface area contributed by atoms with E-state index in [9.17, 15) is 0 Å². The molecule has 0 saturated carbocycles. The van der Waals surface area contributed by atoms with E-state index < -0.39 is 0 Å². The molecule has 3 nitrogen and oxygen atoms in total. The van der Waals surface area contributed by atoms with E-state index in [0.717, 1.165) is 28.3 Å². The maximum atomic E-state index is 5.79. The predicted octanol–water partition coefficient (Wildman–Crippen LogP) is 3.94. The lowest BCUT2D eigenvalue weighted by molar-refractivity contribution is 0.319. The van der Waals surface area contributed by atoms with Gasteiger partial charge in [0.15, 0.2) is 0 Å². The second kappa shape index (κ2) is 7.18. The van der Waals surface area contributed by atoms with Gasteiger partial charge < -0.3 is 9.15 Å². The minimum Gasteiger partial charge on any atom is -0.493 e. The van der Waals surface area contributed by atoms with Crippen molar-refractivity contribution in [2.24, 2.45) is 0 Å². The molecule has 1 heterocycles. The van der Waals surface area contributed by atoms with Crippen LogP contribution in [0.5, 0.6) is 5.75 Å². The molecule has 2 aromatic carbocycles. The van der Waals surface area contributed by atoms with Gasteiger partial charge in [0.25, 0.3) is 0 Å². The average molecular weight is 303 g/mol. The second-order valence-electron chi connectivity index (χ2n) is 5.34. The summed E-state index contributed by atoms with van der Waals surface area (Å²) in [6, 6.07) is 17.7. The maximum absolute atomic E-state index is 5.79. The lowest BCUT2D eigenvalue weighted by Gasteiger charge is -2.06. The van der Waals surface area contributed by atoms with E-state index >= 15 is 0 Å². The molecule has 0 fully saturated rings. The first-order chi connectivity index (χ1) is 11.3. The number of ether oxygens (including phenoxy) is 1. The summed E-state index contributed by atoms with van der Waals surface area (Å²) in [5.74, 6) is 2.32. The average Bonchev–Trinajstić information content (AvgIpc) is 2.97. The van der Waals surface area contributed by atoms with Crippen LogP contribution in [0.2, 0.25) is 0 Å². The van der Waals surface area contributed by atoms with E-state index in [2.05, 4.69) is 4.98 Å². The Morgan fingerprint density at radius 2 is 1.91 bits per heavy atom. The zero-order chi connectivity index (χ0) is 16.1. The molecule has 0 unspecified atom stereocenters. The van der Waals surface area contributed by atoms with E-state index in [4.69, 9.17) is 17.0 Å². The molecular formula is C19H18BNO2. The molecule has 3 aromatic rings. The largest absolute Gasteiger partial charge is 0.493 e. The molecule has 4 heteroatoms. The van der Waals surface area contributed by atoms with Crippen LogP contribution < -0.4 is 4.74 Å². The molecular weight excluding hydrogens is 285 g/mol. The van der Waals surface area contributed by atoms with Crippen molar-refractivity contribution in [3.8, 4) is 17.2 Å². The van der Waals surface area contributed by atoms with Crippen molar-refractivity contribution in [1.82, 2.24) is 4.98 Å². The first kappa shape index (κ1) is 15.4. The lowest BCUT2D eigenvalue weighted by atomic mass is 9.97. The van der Waals surface area contributed by atoms with Crippen LogP contribution in [0.25, 0.3) is 11.5 Å². The molecule has 0 spiro atoms. The third kappa shape index (κ3) is 3.83. The summed E-state index contributed by atoms with van der Waals surface area (Å²) in [6.07, 6.45) is 1.22. The van der Waals surface area contributed by atoms with E-state index in [1.165, 1.54) is 0 Å². The molecule has 0 aliphatic heterocycles. The molecule has 2 radical (unpaired) electrons.